The summed E-state index contributed by atoms with van der Waals surface area (Å²) in [5.74, 6) is -0.0852. The van der Waals surface area contributed by atoms with Gasteiger partial charge in [-0.25, -0.2) is 10.2 Å². The van der Waals surface area contributed by atoms with Gasteiger partial charge in [-0.3, -0.25) is 5.43 Å². The van der Waals surface area contributed by atoms with E-state index >= 15 is 0 Å². The van der Waals surface area contributed by atoms with E-state index in [0.717, 1.165) is 27.5 Å². The zero-order chi connectivity index (χ0) is 17.8. The van der Waals surface area contributed by atoms with E-state index in [1.165, 1.54) is 0 Å². The number of methoxy groups -OCH3 is 1. The largest absolute Gasteiger partial charge is 0.497 e. The molecule has 0 saturated heterocycles. The van der Waals surface area contributed by atoms with Crippen molar-refractivity contribution < 1.29 is 14.6 Å². The first-order valence-electron chi connectivity index (χ1n) is 7.72. The van der Waals surface area contributed by atoms with Gasteiger partial charge in [-0.2, -0.15) is 0 Å². The maximum absolute atomic E-state index is 10.9. The number of ether oxygens (including phenoxy) is 1. The number of rotatable bonds is 6. The van der Waals surface area contributed by atoms with Crippen molar-refractivity contribution in [3.8, 4) is 5.75 Å². The molecule has 7 heteroatoms. The number of nitrogens with one attached hydrogen (secondary N) is 2. The van der Waals surface area contributed by atoms with Crippen LogP contribution in [-0.4, -0.2) is 29.3 Å². The van der Waals surface area contributed by atoms with E-state index in [0.29, 0.717) is 12.1 Å². The summed E-state index contributed by atoms with van der Waals surface area (Å²) >= 11 is 1.56. The maximum atomic E-state index is 10.9. The normalized spacial score (nSPS) is 14.1. The molecule has 2 aromatic rings. The number of hydrogen-bond acceptors (Lipinski definition) is 6. The highest BCUT2D eigenvalue weighted by Crippen LogP contribution is 2.38. The number of nitrogens with zero attached hydrogens (tertiary/aromatic N) is 1. The van der Waals surface area contributed by atoms with Gasteiger partial charge in [-0.05, 0) is 54.8 Å². The van der Waals surface area contributed by atoms with E-state index in [1.807, 2.05) is 35.7 Å². The van der Waals surface area contributed by atoms with Crippen LogP contribution in [0.2, 0.25) is 0 Å². The van der Waals surface area contributed by atoms with Gasteiger partial charge in [0.25, 0.3) is 0 Å². The number of hydrogen-bond donors (Lipinski definition) is 3. The number of carboxylic acids is 1. The molecule has 130 valence electrons. The highest BCUT2D eigenvalue weighted by Gasteiger charge is 2.19. The predicted molar refractivity (Wildman–Crippen MR) is 99.4 cm³/mol. The first-order valence-corrected chi connectivity index (χ1v) is 8.49. The number of carbonyl (C=O) groups is 1. The number of anilines is 1. The second kappa shape index (κ2) is 7.60. The molecule has 0 aliphatic carbocycles. The molecule has 0 unspecified atom stereocenters. The monoisotopic (exact) mass is 357 g/mol. The standard InChI is InChI=1S/C18H19N3O3S/c1-12(9-13-3-5-14(6-4-13)18(22)23)11-19-21-20-16-8-7-15(24-2)10-17(16)25-21/h3-10,19-20H,11H2,1-2H3,(H,22,23). The van der Waals surface area contributed by atoms with Crippen molar-refractivity contribution in [2.45, 2.75) is 11.8 Å². The van der Waals surface area contributed by atoms with Gasteiger partial charge in [-0.15, -0.1) is 0 Å². The molecule has 1 heterocycles. The van der Waals surface area contributed by atoms with Crippen LogP contribution >= 0.6 is 11.9 Å². The van der Waals surface area contributed by atoms with Gasteiger partial charge >= 0.3 is 5.97 Å². The molecule has 0 atom stereocenters. The molecule has 0 spiro atoms. The third kappa shape index (κ3) is 4.33. The fourth-order valence-corrected chi connectivity index (χ4v) is 3.20. The first-order chi connectivity index (χ1) is 12.0. The van der Waals surface area contributed by atoms with Crippen LogP contribution in [0.5, 0.6) is 5.75 Å². The van der Waals surface area contributed by atoms with Gasteiger partial charge in [0.2, 0.25) is 0 Å². The Morgan fingerprint density at radius 3 is 2.76 bits per heavy atom. The van der Waals surface area contributed by atoms with Crippen molar-refractivity contribution in [2.24, 2.45) is 0 Å². The fourth-order valence-electron chi connectivity index (χ4n) is 2.35. The topological polar surface area (TPSA) is 73.8 Å². The van der Waals surface area contributed by atoms with Gasteiger partial charge in [0.15, 0.2) is 0 Å². The predicted octanol–water partition coefficient (Wildman–Crippen LogP) is 3.65. The number of benzene rings is 2. The third-order valence-electron chi connectivity index (χ3n) is 3.67. The van der Waals surface area contributed by atoms with Crippen LogP contribution in [0.3, 0.4) is 0 Å². The zero-order valence-electron chi connectivity index (χ0n) is 13.9. The molecule has 3 rings (SSSR count). The maximum Gasteiger partial charge on any atom is 0.335 e. The number of fused-ring (bicyclic) bond motifs is 1. The van der Waals surface area contributed by atoms with Crippen molar-refractivity contribution in [1.29, 1.82) is 0 Å². The second-order valence-electron chi connectivity index (χ2n) is 5.61. The average molecular weight is 357 g/mol. The quantitative estimate of drug-likeness (QED) is 0.682. The van der Waals surface area contributed by atoms with E-state index < -0.39 is 5.97 Å². The van der Waals surface area contributed by atoms with Crippen LogP contribution in [0.4, 0.5) is 5.69 Å². The molecule has 0 amide bonds. The summed E-state index contributed by atoms with van der Waals surface area (Å²) in [7, 11) is 1.65. The molecule has 25 heavy (non-hydrogen) atoms. The van der Waals surface area contributed by atoms with Gasteiger partial charge in [0.1, 0.15) is 5.75 Å². The van der Waals surface area contributed by atoms with Crippen molar-refractivity contribution in [2.75, 3.05) is 19.1 Å². The van der Waals surface area contributed by atoms with Crippen molar-refractivity contribution in [3.63, 3.8) is 0 Å². The molecule has 3 N–H and O–H groups in total. The van der Waals surface area contributed by atoms with Gasteiger partial charge in [0, 0.05) is 6.54 Å². The van der Waals surface area contributed by atoms with Crippen LogP contribution in [-0.2, 0) is 0 Å². The lowest BCUT2D eigenvalue weighted by Gasteiger charge is -2.15. The molecule has 6 nitrogen and oxygen atoms in total. The molecule has 0 aromatic heterocycles. The summed E-state index contributed by atoms with van der Waals surface area (Å²) < 4.78 is 7.09. The van der Waals surface area contributed by atoms with Gasteiger partial charge in [-0.1, -0.05) is 28.3 Å². The molecular formula is C18H19N3O3S. The highest BCUT2D eigenvalue weighted by atomic mass is 32.2. The van der Waals surface area contributed by atoms with E-state index in [9.17, 15) is 4.79 Å². The van der Waals surface area contributed by atoms with Crippen LogP contribution in [0, 0.1) is 0 Å². The lowest BCUT2D eigenvalue weighted by Crippen LogP contribution is -2.35. The van der Waals surface area contributed by atoms with E-state index in [1.54, 1.807) is 43.3 Å². The minimum atomic E-state index is -0.915. The summed E-state index contributed by atoms with van der Waals surface area (Å²) in [6, 6.07) is 12.7. The molecule has 1 aliphatic heterocycles. The van der Waals surface area contributed by atoms with E-state index in [-0.39, 0.29) is 0 Å². The summed E-state index contributed by atoms with van der Waals surface area (Å²) in [5.41, 5.74) is 9.98. The molecule has 0 fully saturated rings. The lowest BCUT2D eigenvalue weighted by molar-refractivity contribution is 0.0697. The van der Waals surface area contributed by atoms with E-state index in [4.69, 9.17) is 9.84 Å². The zero-order valence-corrected chi connectivity index (χ0v) is 14.8. The van der Waals surface area contributed by atoms with Crippen LogP contribution in [0.15, 0.2) is 52.9 Å². The Labute approximate surface area is 150 Å². The van der Waals surface area contributed by atoms with Crippen LogP contribution < -0.4 is 15.6 Å². The minimum Gasteiger partial charge on any atom is -0.497 e. The average Bonchev–Trinajstić information content (AvgIpc) is 3.02. The number of hydrazine groups is 2. The minimum absolute atomic E-state index is 0.291. The number of carboxylic acid groups (broad SMARTS) is 1. The Morgan fingerprint density at radius 1 is 1.32 bits per heavy atom. The summed E-state index contributed by atoms with van der Waals surface area (Å²) in [5, 5.41) is 8.92. The molecule has 0 radical (unpaired) electrons. The second-order valence-corrected chi connectivity index (χ2v) is 6.60. The van der Waals surface area contributed by atoms with Gasteiger partial charge < -0.3 is 9.84 Å². The summed E-state index contributed by atoms with van der Waals surface area (Å²) in [6.45, 7) is 2.68. The van der Waals surface area contributed by atoms with Crippen LogP contribution in [0.25, 0.3) is 6.08 Å². The number of aromatic carboxylic acids is 1. The molecule has 0 saturated carbocycles. The third-order valence-corrected chi connectivity index (χ3v) is 4.61. The lowest BCUT2D eigenvalue weighted by atomic mass is 10.1. The highest BCUT2D eigenvalue weighted by molar-refractivity contribution is 7.97. The van der Waals surface area contributed by atoms with Crippen molar-refractivity contribution in [3.05, 3.63) is 59.2 Å². The Balaban J connectivity index is 1.56. The Hall–Kier alpha value is -2.48. The Bertz CT molecular complexity index is 806. The van der Waals surface area contributed by atoms with Crippen molar-refractivity contribution in [1.82, 2.24) is 9.95 Å². The Morgan fingerprint density at radius 2 is 2.08 bits per heavy atom. The first kappa shape index (κ1) is 17.3. The Kier molecular flexibility index (Phi) is 5.28. The smallest absolute Gasteiger partial charge is 0.335 e. The fraction of sp³-hybridized carbons (Fsp3) is 0.167. The van der Waals surface area contributed by atoms with Crippen molar-refractivity contribution >= 4 is 29.7 Å². The summed E-state index contributed by atoms with van der Waals surface area (Å²) in [4.78, 5) is 12.0. The summed E-state index contributed by atoms with van der Waals surface area (Å²) in [6.07, 6.45) is 2.02. The SMILES string of the molecule is COc1ccc2c(c1)SN(NCC(C)=Cc1ccc(C(=O)O)cc1)N2. The molecule has 2 aromatic carbocycles. The van der Waals surface area contributed by atoms with E-state index in [2.05, 4.69) is 10.9 Å². The molecule has 1 aliphatic rings. The molecule has 0 bridgehead atoms. The van der Waals surface area contributed by atoms with Crippen LogP contribution in [0.1, 0.15) is 22.8 Å². The van der Waals surface area contributed by atoms with Gasteiger partial charge in [0.05, 0.1) is 23.3 Å². The molecular weight excluding hydrogens is 338 g/mol.